The lowest BCUT2D eigenvalue weighted by Crippen LogP contribution is -2.36. The highest BCUT2D eigenvalue weighted by Gasteiger charge is 2.24. The Morgan fingerprint density at radius 3 is 2.89 bits per heavy atom. The van der Waals surface area contributed by atoms with Crippen molar-refractivity contribution in [2.75, 3.05) is 0 Å². The zero-order valence-electron chi connectivity index (χ0n) is 12.2. The molecule has 3 unspecified atom stereocenters. The molecule has 0 bridgehead atoms. The number of hydrogen-bond acceptors (Lipinski definition) is 3. The fraction of sp³-hybridized carbons (Fsp3) is 0.867. The first-order valence-electron chi connectivity index (χ1n) is 7.88. The number of hydrogen-bond donors (Lipinski definition) is 1. The summed E-state index contributed by atoms with van der Waals surface area (Å²) >= 11 is 0. The molecule has 19 heavy (non-hydrogen) atoms. The molecule has 4 heteroatoms. The van der Waals surface area contributed by atoms with Gasteiger partial charge < -0.3 is 9.88 Å². The van der Waals surface area contributed by atoms with E-state index in [4.69, 9.17) is 0 Å². The summed E-state index contributed by atoms with van der Waals surface area (Å²) < 4.78 is 2.32. The van der Waals surface area contributed by atoms with E-state index >= 15 is 0 Å². The molecule has 4 nitrogen and oxygen atoms in total. The smallest absolute Gasteiger partial charge is 0.147 e. The predicted octanol–water partition coefficient (Wildman–Crippen LogP) is 2.53. The molecule has 2 aliphatic rings. The first-order chi connectivity index (χ1) is 9.24. The predicted molar refractivity (Wildman–Crippen MR) is 75.8 cm³/mol. The SMILES string of the molecule is CC1CCC(NCc2nnc3n2CCCC3)CC1C. The average Bonchev–Trinajstić information content (AvgIpc) is 2.83. The summed E-state index contributed by atoms with van der Waals surface area (Å²) in [5, 5.41) is 12.4. The van der Waals surface area contributed by atoms with Crippen LogP contribution in [0.1, 0.15) is 57.6 Å². The van der Waals surface area contributed by atoms with Gasteiger partial charge in [0.2, 0.25) is 0 Å². The van der Waals surface area contributed by atoms with Crippen LogP contribution in [0.4, 0.5) is 0 Å². The second-order valence-electron chi connectivity index (χ2n) is 6.49. The zero-order valence-corrected chi connectivity index (χ0v) is 12.2. The van der Waals surface area contributed by atoms with E-state index in [0.717, 1.165) is 37.2 Å². The maximum Gasteiger partial charge on any atom is 0.147 e. The van der Waals surface area contributed by atoms with Crippen molar-refractivity contribution in [3.63, 3.8) is 0 Å². The highest BCUT2D eigenvalue weighted by atomic mass is 15.3. The lowest BCUT2D eigenvalue weighted by molar-refractivity contribution is 0.224. The largest absolute Gasteiger partial charge is 0.314 e. The molecule has 1 aliphatic heterocycles. The van der Waals surface area contributed by atoms with Crippen LogP contribution in [-0.4, -0.2) is 20.8 Å². The van der Waals surface area contributed by atoms with Gasteiger partial charge in [0, 0.05) is 19.0 Å². The number of aryl methyl sites for hydroxylation is 1. The molecule has 1 fully saturated rings. The van der Waals surface area contributed by atoms with E-state index in [0.29, 0.717) is 6.04 Å². The van der Waals surface area contributed by atoms with Gasteiger partial charge in [-0.25, -0.2) is 0 Å². The van der Waals surface area contributed by atoms with Gasteiger partial charge in [0.05, 0.1) is 6.54 Å². The van der Waals surface area contributed by atoms with Gasteiger partial charge in [-0.15, -0.1) is 10.2 Å². The van der Waals surface area contributed by atoms with Crippen molar-refractivity contribution in [1.82, 2.24) is 20.1 Å². The van der Waals surface area contributed by atoms with Crippen LogP contribution in [0.5, 0.6) is 0 Å². The highest BCUT2D eigenvalue weighted by molar-refractivity contribution is 4.99. The summed E-state index contributed by atoms with van der Waals surface area (Å²) in [4.78, 5) is 0. The topological polar surface area (TPSA) is 42.7 Å². The van der Waals surface area contributed by atoms with Crippen LogP contribution in [-0.2, 0) is 19.5 Å². The highest BCUT2D eigenvalue weighted by Crippen LogP contribution is 2.29. The fourth-order valence-electron chi connectivity index (χ4n) is 3.47. The van der Waals surface area contributed by atoms with E-state index in [9.17, 15) is 0 Å². The van der Waals surface area contributed by atoms with Gasteiger partial charge >= 0.3 is 0 Å². The Labute approximate surface area is 116 Å². The van der Waals surface area contributed by atoms with E-state index in [1.165, 1.54) is 37.9 Å². The molecule has 1 N–H and O–H groups in total. The summed E-state index contributed by atoms with van der Waals surface area (Å²) in [7, 11) is 0. The molecule has 1 aliphatic carbocycles. The maximum absolute atomic E-state index is 4.37. The first-order valence-corrected chi connectivity index (χ1v) is 7.88. The normalized spacial score (nSPS) is 31.2. The van der Waals surface area contributed by atoms with Crippen molar-refractivity contribution >= 4 is 0 Å². The minimum atomic E-state index is 0.669. The van der Waals surface area contributed by atoms with E-state index in [1.54, 1.807) is 0 Å². The van der Waals surface area contributed by atoms with Crippen molar-refractivity contribution in [2.45, 2.75) is 71.5 Å². The summed E-state index contributed by atoms with van der Waals surface area (Å²) in [6, 6.07) is 0.669. The standard InChI is InChI=1S/C15H26N4/c1-11-6-7-13(9-12(11)2)16-10-15-18-17-14-5-3-4-8-19(14)15/h11-13,16H,3-10H2,1-2H3. The van der Waals surface area contributed by atoms with Crippen molar-refractivity contribution in [3.05, 3.63) is 11.6 Å². The Bertz CT molecular complexity index is 426. The Balaban J connectivity index is 1.56. The van der Waals surface area contributed by atoms with Gasteiger partial charge in [-0.05, 0) is 43.9 Å². The molecule has 1 aromatic heterocycles. The van der Waals surface area contributed by atoms with Crippen LogP contribution < -0.4 is 5.32 Å². The lowest BCUT2D eigenvalue weighted by atomic mass is 9.79. The Morgan fingerprint density at radius 2 is 2.05 bits per heavy atom. The molecule has 3 rings (SSSR count). The molecule has 0 radical (unpaired) electrons. The minimum absolute atomic E-state index is 0.669. The van der Waals surface area contributed by atoms with E-state index in [2.05, 4.69) is 33.9 Å². The molecule has 1 aromatic rings. The van der Waals surface area contributed by atoms with Gasteiger partial charge in [0.25, 0.3) is 0 Å². The molecule has 0 saturated heterocycles. The van der Waals surface area contributed by atoms with Gasteiger partial charge in [0.1, 0.15) is 11.6 Å². The van der Waals surface area contributed by atoms with E-state index in [1.807, 2.05) is 0 Å². The van der Waals surface area contributed by atoms with Crippen LogP contribution in [0.2, 0.25) is 0 Å². The van der Waals surface area contributed by atoms with Gasteiger partial charge in [-0.1, -0.05) is 13.8 Å². The summed E-state index contributed by atoms with van der Waals surface area (Å²) in [6.45, 7) is 6.77. The Morgan fingerprint density at radius 1 is 1.16 bits per heavy atom. The molecular formula is C15H26N4. The average molecular weight is 262 g/mol. The quantitative estimate of drug-likeness (QED) is 0.910. The number of nitrogens with one attached hydrogen (secondary N) is 1. The van der Waals surface area contributed by atoms with Crippen LogP contribution in [0.15, 0.2) is 0 Å². The van der Waals surface area contributed by atoms with Crippen LogP contribution in [0.3, 0.4) is 0 Å². The van der Waals surface area contributed by atoms with Crippen molar-refractivity contribution < 1.29 is 0 Å². The molecule has 2 heterocycles. The molecule has 0 aromatic carbocycles. The third kappa shape index (κ3) is 2.83. The first kappa shape index (κ1) is 13.1. The number of fused-ring (bicyclic) bond motifs is 1. The third-order valence-electron chi connectivity index (χ3n) is 5.08. The summed E-state index contributed by atoms with van der Waals surface area (Å²) in [5.41, 5.74) is 0. The molecule has 106 valence electrons. The van der Waals surface area contributed by atoms with Crippen LogP contribution in [0, 0.1) is 11.8 Å². The zero-order chi connectivity index (χ0) is 13.2. The van der Waals surface area contributed by atoms with Crippen molar-refractivity contribution in [2.24, 2.45) is 11.8 Å². The van der Waals surface area contributed by atoms with Crippen LogP contribution >= 0.6 is 0 Å². The van der Waals surface area contributed by atoms with Gasteiger partial charge in [0.15, 0.2) is 0 Å². The number of rotatable bonds is 3. The molecule has 0 spiro atoms. The van der Waals surface area contributed by atoms with E-state index < -0.39 is 0 Å². The fourth-order valence-corrected chi connectivity index (χ4v) is 3.47. The van der Waals surface area contributed by atoms with Gasteiger partial charge in [-0.3, -0.25) is 0 Å². The minimum Gasteiger partial charge on any atom is -0.314 e. The molecule has 1 saturated carbocycles. The summed E-state index contributed by atoms with van der Waals surface area (Å²) in [6.07, 6.45) is 7.62. The third-order valence-corrected chi connectivity index (χ3v) is 5.08. The maximum atomic E-state index is 4.37. The van der Waals surface area contributed by atoms with Crippen molar-refractivity contribution in [3.8, 4) is 0 Å². The summed E-state index contributed by atoms with van der Waals surface area (Å²) in [5.74, 6) is 4.06. The molecule has 0 amide bonds. The number of aromatic nitrogens is 3. The Kier molecular flexibility index (Phi) is 3.87. The van der Waals surface area contributed by atoms with Gasteiger partial charge in [-0.2, -0.15) is 0 Å². The molecular weight excluding hydrogens is 236 g/mol. The number of nitrogens with zero attached hydrogens (tertiary/aromatic N) is 3. The lowest BCUT2D eigenvalue weighted by Gasteiger charge is -2.32. The second-order valence-corrected chi connectivity index (χ2v) is 6.49. The monoisotopic (exact) mass is 262 g/mol. The van der Waals surface area contributed by atoms with Crippen molar-refractivity contribution in [1.29, 1.82) is 0 Å². The van der Waals surface area contributed by atoms with Crippen LogP contribution in [0.25, 0.3) is 0 Å². The Hall–Kier alpha value is -0.900. The molecule has 3 atom stereocenters. The van der Waals surface area contributed by atoms with E-state index in [-0.39, 0.29) is 0 Å². The second kappa shape index (κ2) is 5.61.